The van der Waals surface area contributed by atoms with Crippen molar-refractivity contribution in [3.8, 4) is 0 Å². The van der Waals surface area contributed by atoms with Gasteiger partial charge in [0.25, 0.3) is 0 Å². The lowest BCUT2D eigenvalue weighted by molar-refractivity contribution is 0.566. The summed E-state index contributed by atoms with van der Waals surface area (Å²) in [5.41, 5.74) is 7.13. The van der Waals surface area contributed by atoms with Gasteiger partial charge < -0.3 is 5.73 Å². The molecule has 7 heteroatoms. The first-order valence-corrected chi connectivity index (χ1v) is 9.19. The summed E-state index contributed by atoms with van der Waals surface area (Å²) in [5.74, 6) is 0. The van der Waals surface area contributed by atoms with Crippen molar-refractivity contribution in [2.75, 3.05) is 5.73 Å². The van der Waals surface area contributed by atoms with E-state index >= 15 is 0 Å². The van der Waals surface area contributed by atoms with E-state index < -0.39 is 10.0 Å². The van der Waals surface area contributed by atoms with Crippen LogP contribution in [0.15, 0.2) is 56.3 Å². The van der Waals surface area contributed by atoms with Gasteiger partial charge in [-0.3, -0.25) is 0 Å². The topological polar surface area (TPSA) is 72.2 Å². The van der Waals surface area contributed by atoms with E-state index in [2.05, 4.69) is 36.6 Å². The largest absolute Gasteiger partial charge is 0.399 e. The Kier molecular flexibility index (Phi) is 5.08. The molecule has 0 heterocycles. The maximum atomic E-state index is 12.5. The van der Waals surface area contributed by atoms with Crippen molar-refractivity contribution in [3.05, 3.63) is 57.0 Å². The van der Waals surface area contributed by atoms with E-state index in [4.69, 9.17) is 5.73 Å². The second-order valence-corrected chi connectivity index (χ2v) is 8.04. The lowest BCUT2D eigenvalue weighted by Crippen LogP contribution is -2.27. The number of sulfonamides is 1. The fourth-order valence-electron chi connectivity index (χ4n) is 1.88. The molecule has 0 amide bonds. The third-order valence-electron chi connectivity index (χ3n) is 2.93. The maximum Gasteiger partial charge on any atom is 0.242 e. The Morgan fingerprint density at radius 2 is 1.86 bits per heavy atom. The van der Waals surface area contributed by atoms with E-state index in [0.29, 0.717) is 14.6 Å². The van der Waals surface area contributed by atoms with Crippen molar-refractivity contribution in [2.24, 2.45) is 0 Å². The van der Waals surface area contributed by atoms with E-state index in [-0.39, 0.29) is 10.9 Å². The number of anilines is 1. The fraction of sp³-hybridized carbons (Fsp3) is 0.143. The summed E-state index contributed by atoms with van der Waals surface area (Å²) < 4.78 is 28.8. The summed E-state index contributed by atoms with van der Waals surface area (Å²) in [6.45, 7) is 1.78. The zero-order valence-corrected chi connectivity index (χ0v) is 15.2. The van der Waals surface area contributed by atoms with Crippen LogP contribution >= 0.6 is 31.9 Å². The van der Waals surface area contributed by atoms with Crippen molar-refractivity contribution in [2.45, 2.75) is 17.9 Å². The Morgan fingerprint density at radius 3 is 2.52 bits per heavy atom. The lowest BCUT2D eigenvalue weighted by Gasteiger charge is -2.16. The first kappa shape index (κ1) is 16.5. The van der Waals surface area contributed by atoms with Crippen molar-refractivity contribution in [1.29, 1.82) is 0 Å². The SMILES string of the molecule is CC(NS(=O)(=O)c1cc(Br)ccc1Br)c1cccc(N)c1. The molecule has 0 saturated carbocycles. The van der Waals surface area contributed by atoms with Crippen LogP contribution in [0.4, 0.5) is 5.69 Å². The molecule has 0 fully saturated rings. The Bertz CT molecular complexity index is 763. The summed E-state index contributed by atoms with van der Waals surface area (Å²) in [5, 5.41) is 0. The number of nitrogen functional groups attached to an aromatic ring is 1. The average molecular weight is 434 g/mol. The van der Waals surface area contributed by atoms with Gasteiger partial charge in [0.2, 0.25) is 10.0 Å². The standard InChI is InChI=1S/C14H14Br2N2O2S/c1-9(10-3-2-4-12(17)7-10)18-21(19,20)14-8-11(15)5-6-13(14)16/h2-9,18H,17H2,1H3. The number of hydrogen-bond donors (Lipinski definition) is 2. The predicted molar refractivity (Wildman–Crippen MR) is 91.4 cm³/mol. The Labute approximate surface area is 141 Å². The van der Waals surface area contributed by atoms with E-state index in [0.717, 1.165) is 5.56 Å². The zero-order valence-electron chi connectivity index (χ0n) is 11.2. The molecule has 0 aromatic heterocycles. The molecule has 0 aliphatic carbocycles. The van der Waals surface area contributed by atoms with E-state index in [1.54, 1.807) is 43.3 Å². The zero-order chi connectivity index (χ0) is 15.6. The van der Waals surface area contributed by atoms with Crippen LogP contribution in [0.1, 0.15) is 18.5 Å². The molecule has 2 aromatic carbocycles. The molecule has 3 N–H and O–H groups in total. The number of nitrogens with two attached hydrogens (primary N) is 1. The van der Waals surface area contributed by atoms with Gasteiger partial charge in [0.15, 0.2) is 0 Å². The van der Waals surface area contributed by atoms with Crippen LogP contribution in [0, 0.1) is 0 Å². The van der Waals surface area contributed by atoms with Crippen LogP contribution in [0.2, 0.25) is 0 Å². The molecule has 2 rings (SSSR count). The van der Waals surface area contributed by atoms with Gasteiger partial charge >= 0.3 is 0 Å². The summed E-state index contributed by atoms with van der Waals surface area (Å²) in [7, 11) is -3.64. The van der Waals surface area contributed by atoms with Crippen LogP contribution in [0.25, 0.3) is 0 Å². The number of hydrogen-bond acceptors (Lipinski definition) is 3. The third-order valence-corrected chi connectivity index (χ3v) is 5.95. The van der Waals surface area contributed by atoms with E-state index in [9.17, 15) is 8.42 Å². The monoisotopic (exact) mass is 432 g/mol. The summed E-state index contributed by atoms with van der Waals surface area (Å²) in [6, 6.07) is 11.8. The van der Waals surface area contributed by atoms with E-state index in [1.165, 1.54) is 0 Å². The molecule has 21 heavy (non-hydrogen) atoms. The molecule has 1 unspecified atom stereocenters. The molecule has 1 atom stereocenters. The van der Waals surface area contributed by atoms with Crippen LogP contribution < -0.4 is 10.5 Å². The number of halogens is 2. The second-order valence-electron chi connectivity index (χ2n) is 4.59. The van der Waals surface area contributed by atoms with Crippen LogP contribution in [0.3, 0.4) is 0 Å². The number of rotatable bonds is 4. The molecular weight excluding hydrogens is 420 g/mol. The van der Waals surface area contributed by atoms with Crippen LogP contribution in [-0.4, -0.2) is 8.42 Å². The molecule has 0 aliphatic heterocycles. The predicted octanol–water partition coefficient (Wildman–Crippen LogP) is 3.83. The smallest absolute Gasteiger partial charge is 0.242 e. The number of nitrogens with one attached hydrogen (secondary N) is 1. The highest BCUT2D eigenvalue weighted by atomic mass is 79.9. The molecule has 0 saturated heterocycles. The maximum absolute atomic E-state index is 12.5. The van der Waals surface area contributed by atoms with Crippen molar-refractivity contribution >= 4 is 47.6 Å². The minimum absolute atomic E-state index is 0.188. The van der Waals surface area contributed by atoms with Crippen molar-refractivity contribution in [1.82, 2.24) is 4.72 Å². The highest BCUT2D eigenvalue weighted by molar-refractivity contribution is 9.11. The molecule has 0 spiro atoms. The van der Waals surface area contributed by atoms with Gasteiger partial charge in [-0.1, -0.05) is 28.1 Å². The minimum atomic E-state index is -3.64. The molecule has 112 valence electrons. The summed E-state index contributed by atoms with van der Waals surface area (Å²) >= 11 is 6.54. The second kappa shape index (κ2) is 6.48. The normalized spacial score (nSPS) is 13.1. The Morgan fingerprint density at radius 1 is 1.14 bits per heavy atom. The average Bonchev–Trinajstić information content (AvgIpc) is 2.41. The van der Waals surface area contributed by atoms with Gasteiger partial charge in [-0.25, -0.2) is 13.1 Å². The lowest BCUT2D eigenvalue weighted by atomic mass is 10.1. The molecule has 0 aliphatic rings. The van der Waals surface area contributed by atoms with Crippen molar-refractivity contribution in [3.63, 3.8) is 0 Å². The number of benzene rings is 2. The summed E-state index contributed by atoms with van der Waals surface area (Å²) in [4.78, 5) is 0.188. The highest BCUT2D eigenvalue weighted by Gasteiger charge is 2.21. The molecule has 0 radical (unpaired) electrons. The van der Waals surface area contributed by atoms with Crippen molar-refractivity contribution < 1.29 is 8.42 Å². The molecular formula is C14H14Br2N2O2S. The van der Waals surface area contributed by atoms with Gasteiger partial charge in [-0.2, -0.15) is 0 Å². The molecule has 0 bridgehead atoms. The van der Waals surface area contributed by atoms with Gasteiger partial charge in [0, 0.05) is 20.7 Å². The third kappa shape index (κ3) is 4.06. The summed E-state index contributed by atoms with van der Waals surface area (Å²) in [6.07, 6.45) is 0. The molecule has 4 nitrogen and oxygen atoms in total. The fourth-order valence-corrected chi connectivity index (χ4v) is 4.61. The first-order chi connectivity index (χ1) is 9.79. The highest BCUT2D eigenvalue weighted by Crippen LogP contribution is 2.27. The minimum Gasteiger partial charge on any atom is -0.399 e. The van der Waals surface area contributed by atoms with Gasteiger partial charge in [-0.15, -0.1) is 0 Å². The first-order valence-electron chi connectivity index (χ1n) is 6.12. The van der Waals surface area contributed by atoms with Crippen LogP contribution in [-0.2, 0) is 10.0 Å². The molecule has 2 aromatic rings. The van der Waals surface area contributed by atoms with E-state index in [1.807, 2.05) is 6.07 Å². The quantitative estimate of drug-likeness (QED) is 0.719. The van der Waals surface area contributed by atoms with Gasteiger partial charge in [-0.05, 0) is 58.7 Å². The van der Waals surface area contributed by atoms with Crippen LogP contribution in [0.5, 0.6) is 0 Å². The Balaban J connectivity index is 2.31. The van der Waals surface area contributed by atoms with Gasteiger partial charge in [0.1, 0.15) is 0 Å². The Hall–Kier alpha value is -0.890. The van der Waals surface area contributed by atoms with Gasteiger partial charge in [0.05, 0.1) is 4.90 Å².